The zero-order chi connectivity index (χ0) is 12.8. The van der Waals surface area contributed by atoms with E-state index >= 15 is 0 Å². The van der Waals surface area contributed by atoms with Crippen LogP contribution in [0.15, 0.2) is 18.2 Å². The van der Waals surface area contributed by atoms with Gasteiger partial charge in [-0.25, -0.2) is 4.79 Å². The summed E-state index contributed by atoms with van der Waals surface area (Å²) in [5.74, 6) is -0.349. The Morgan fingerprint density at radius 3 is 2.71 bits per heavy atom. The minimum atomic E-state index is -0.578. The molecular weight excluding hydrogens is 261 g/mol. The molecule has 0 spiro atoms. The molecule has 1 rings (SSSR count). The van der Waals surface area contributed by atoms with Crippen molar-refractivity contribution in [3.8, 4) is 0 Å². The maximum Gasteiger partial charge on any atom is 0.327 e. The van der Waals surface area contributed by atoms with E-state index in [1.165, 1.54) is 0 Å². The number of carbonyl (C=O) groups excluding carboxylic acids is 1. The summed E-state index contributed by atoms with van der Waals surface area (Å²) in [5.41, 5.74) is 0.638. The lowest BCUT2D eigenvalue weighted by molar-refractivity contribution is -0.145. The second-order valence-electron chi connectivity index (χ2n) is 3.39. The molecule has 0 amide bonds. The van der Waals surface area contributed by atoms with Crippen LogP contribution < -0.4 is 5.32 Å². The third kappa shape index (κ3) is 3.60. The van der Waals surface area contributed by atoms with Crippen molar-refractivity contribution < 1.29 is 9.53 Å². The van der Waals surface area contributed by atoms with Crippen LogP contribution in [0, 0.1) is 0 Å². The van der Waals surface area contributed by atoms with Gasteiger partial charge >= 0.3 is 5.97 Å². The Labute approximate surface area is 111 Å². The minimum Gasteiger partial charge on any atom is -0.465 e. The largest absolute Gasteiger partial charge is 0.465 e. The fourth-order valence-corrected chi connectivity index (χ4v) is 1.91. The fourth-order valence-electron chi connectivity index (χ4n) is 1.49. The molecule has 0 saturated carbocycles. The Morgan fingerprint density at radius 1 is 1.41 bits per heavy atom. The SMILES string of the molecule is CCNC(C(=O)OCC)c1cccc(Cl)c1Cl. The molecule has 94 valence electrons. The molecule has 0 aliphatic rings. The van der Waals surface area contributed by atoms with E-state index in [1.54, 1.807) is 25.1 Å². The standard InChI is InChI=1S/C12H15Cl2NO2/c1-3-15-11(12(16)17-4-2)8-6-5-7-9(13)10(8)14/h5-7,11,15H,3-4H2,1-2H3. The molecule has 0 fully saturated rings. The predicted octanol–water partition coefficient (Wildman–Crippen LogP) is 3.21. The Bertz CT molecular complexity index is 396. The number of benzene rings is 1. The summed E-state index contributed by atoms with van der Waals surface area (Å²) in [6.45, 7) is 4.64. The van der Waals surface area contributed by atoms with Crippen molar-refractivity contribution in [3.05, 3.63) is 33.8 Å². The third-order valence-electron chi connectivity index (χ3n) is 2.22. The molecule has 1 atom stereocenters. The van der Waals surface area contributed by atoms with Crippen molar-refractivity contribution in [1.29, 1.82) is 0 Å². The van der Waals surface area contributed by atoms with Gasteiger partial charge in [0.05, 0.1) is 16.7 Å². The number of esters is 1. The van der Waals surface area contributed by atoms with Crippen LogP contribution in [0.25, 0.3) is 0 Å². The molecule has 5 heteroatoms. The van der Waals surface area contributed by atoms with E-state index in [2.05, 4.69) is 5.32 Å². The van der Waals surface area contributed by atoms with Gasteiger partial charge in [0.15, 0.2) is 0 Å². The van der Waals surface area contributed by atoms with Gasteiger partial charge in [-0.15, -0.1) is 0 Å². The maximum atomic E-state index is 11.8. The topological polar surface area (TPSA) is 38.3 Å². The molecule has 1 N–H and O–H groups in total. The van der Waals surface area contributed by atoms with Gasteiger partial charge in [-0.05, 0) is 19.5 Å². The maximum absolute atomic E-state index is 11.8. The van der Waals surface area contributed by atoms with Crippen molar-refractivity contribution in [2.45, 2.75) is 19.9 Å². The smallest absolute Gasteiger partial charge is 0.327 e. The summed E-state index contributed by atoms with van der Waals surface area (Å²) in [6, 6.07) is 4.62. The number of hydrogen-bond acceptors (Lipinski definition) is 3. The molecule has 0 aromatic heterocycles. The number of ether oxygens (including phenoxy) is 1. The molecule has 0 radical (unpaired) electrons. The van der Waals surface area contributed by atoms with E-state index in [0.29, 0.717) is 28.8 Å². The summed E-state index contributed by atoms with van der Waals surface area (Å²) in [7, 11) is 0. The first-order chi connectivity index (χ1) is 8.11. The Hall–Kier alpha value is -0.770. The van der Waals surface area contributed by atoms with E-state index < -0.39 is 6.04 Å². The van der Waals surface area contributed by atoms with Gasteiger partial charge < -0.3 is 10.1 Å². The molecule has 1 aromatic carbocycles. The average Bonchev–Trinajstić information content (AvgIpc) is 2.30. The zero-order valence-corrected chi connectivity index (χ0v) is 11.3. The molecule has 3 nitrogen and oxygen atoms in total. The number of likely N-dealkylation sites (N-methyl/N-ethyl adjacent to an activating group) is 1. The molecule has 1 aromatic rings. The normalized spacial score (nSPS) is 12.2. The third-order valence-corrected chi connectivity index (χ3v) is 3.06. The van der Waals surface area contributed by atoms with E-state index in [0.717, 1.165) is 0 Å². The van der Waals surface area contributed by atoms with Crippen LogP contribution in [0.4, 0.5) is 0 Å². The second kappa shape index (κ2) is 6.84. The lowest BCUT2D eigenvalue weighted by Crippen LogP contribution is -2.30. The monoisotopic (exact) mass is 275 g/mol. The highest BCUT2D eigenvalue weighted by molar-refractivity contribution is 6.42. The first kappa shape index (κ1) is 14.3. The molecular formula is C12H15Cl2NO2. The highest BCUT2D eigenvalue weighted by Crippen LogP contribution is 2.30. The average molecular weight is 276 g/mol. The van der Waals surface area contributed by atoms with Crippen molar-refractivity contribution in [2.75, 3.05) is 13.2 Å². The first-order valence-corrected chi connectivity index (χ1v) is 6.21. The Balaban J connectivity index is 3.05. The molecule has 0 aliphatic heterocycles. The number of nitrogens with one attached hydrogen (secondary N) is 1. The van der Waals surface area contributed by atoms with Gasteiger partial charge in [0.2, 0.25) is 0 Å². The Morgan fingerprint density at radius 2 is 2.12 bits per heavy atom. The van der Waals surface area contributed by atoms with Crippen LogP contribution in [-0.2, 0) is 9.53 Å². The van der Waals surface area contributed by atoms with Crippen LogP contribution in [-0.4, -0.2) is 19.1 Å². The molecule has 0 heterocycles. The lowest BCUT2D eigenvalue weighted by Gasteiger charge is -2.18. The molecule has 17 heavy (non-hydrogen) atoms. The van der Waals surface area contributed by atoms with Gasteiger partial charge in [-0.3, -0.25) is 0 Å². The lowest BCUT2D eigenvalue weighted by atomic mass is 10.1. The highest BCUT2D eigenvalue weighted by Gasteiger charge is 2.23. The highest BCUT2D eigenvalue weighted by atomic mass is 35.5. The minimum absolute atomic E-state index is 0.332. The zero-order valence-electron chi connectivity index (χ0n) is 9.80. The molecule has 0 bridgehead atoms. The quantitative estimate of drug-likeness (QED) is 0.839. The van der Waals surface area contributed by atoms with Crippen LogP contribution in [0.5, 0.6) is 0 Å². The number of hydrogen-bond donors (Lipinski definition) is 1. The van der Waals surface area contributed by atoms with Crippen molar-refractivity contribution in [1.82, 2.24) is 5.32 Å². The van der Waals surface area contributed by atoms with E-state index in [9.17, 15) is 4.79 Å². The van der Waals surface area contributed by atoms with Crippen LogP contribution in [0.2, 0.25) is 10.0 Å². The van der Waals surface area contributed by atoms with Gasteiger partial charge in [0.1, 0.15) is 6.04 Å². The molecule has 1 unspecified atom stereocenters. The fraction of sp³-hybridized carbons (Fsp3) is 0.417. The van der Waals surface area contributed by atoms with Gasteiger partial charge in [-0.2, -0.15) is 0 Å². The van der Waals surface area contributed by atoms with Gasteiger partial charge in [-0.1, -0.05) is 42.3 Å². The number of rotatable bonds is 5. The van der Waals surface area contributed by atoms with E-state index in [4.69, 9.17) is 27.9 Å². The second-order valence-corrected chi connectivity index (χ2v) is 4.17. The Kier molecular flexibility index (Phi) is 5.75. The summed E-state index contributed by atoms with van der Waals surface area (Å²) < 4.78 is 5.00. The molecule has 0 saturated heterocycles. The predicted molar refractivity (Wildman–Crippen MR) is 69.5 cm³/mol. The van der Waals surface area contributed by atoms with Gasteiger partial charge in [0, 0.05) is 5.56 Å². The summed E-state index contributed by atoms with van der Waals surface area (Å²) in [5, 5.41) is 3.84. The van der Waals surface area contributed by atoms with Crippen LogP contribution in [0.1, 0.15) is 25.5 Å². The van der Waals surface area contributed by atoms with E-state index in [1.807, 2.05) is 6.92 Å². The van der Waals surface area contributed by atoms with E-state index in [-0.39, 0.29) is 5.97 Å². The van der Waals surface area contributed by atoms with Crippen molar-refractivity contribution >= 4 is 29.2 Å². The number of halogens is 2. The summed E-state index contributed by atoms with van der Waals surface area (Å²) in [4.78, 5) is 11.8. The first-order valence-electron chi connectivity index (χ1n) is 5.45. The van der Waals surface area contributed by atoms with Gasteiger partial charge in [0.25, 0.3) is 0 Å². The van der Waals surface area contributed by atoms with Crippen LogP contribution in [0.3, 0.4) is 0 Å². The van der Waals surface area contributed by atoms with Crippen molar-refractivity contribution in [2.24, 2.45) is 0 Å². The molecule has 0 aliphatic carbocycles. The summed E-state index contributed by atoms with van der Waals surface area (Å²) in [6.07, 6.45) is 0. The van der Waals surface area contributed by atoms with Crippen LogP contribution >= 0.6 is 23.2 Å². The summed E-state index contributed by atoms with van der Waals surface area (Å²) >= 11 is 12.0. The number of carbonyl (C=O) groups is 1. The van der Waals surface area contributed by atoms with Crippen molar-refractivity contribution in [3.63, 3.8) is 0 Å².